The van der Waals surface area contributed by atoms with Crippen molar-refractivity contribution in [1.82, 2.24) is 10.2 Å². The largest absolute Gasteiger partial charge is 0.351 e. The lowest BCUT2D eigenvalue weighted by Crippen LogP contribution is -2.38. The van der Waals surface area contributed by atoms with Crippen LogP contribution >= 0.6 is 0 Å². The number of benzene rings is 2. The highest BCUT2D eigenvalue weighted by atomic mass is 32.2. The van der Waals surface area contributed by atoms with Crippen molar-refractivity contribution in [2.24, 2.45) is 0 Å². The van der Waals surface area contributed by atoms with Crippen molar-refractivity contribution >= 4 is 21.6 Å². The number of fused-ring (bicyclic) bond motifs is 1. The van der Waals surface area contributed by atoms with Crippen LogP contribution in [-0.2, 0) is 23.0 Å². The molecule has 0 saturated heterocycles. The molecular formula is C19H22FN3O3S. The van der Waals surface area contributed by atoms with E-state index in [1.165, 1.54) is 17.2 Å². The molecule has 0 radical (unpaired) electrons. The lowest BCUT2D eigenvalue weighted by atomic mass is 10.00. The van der Waals surface area contributed by atoms with Crippen LogP contribution in [-0.4, -0.2) is 45.1 Å². The van der Waals surface area contributed by atoms with Crippen LogP contribution in [0.1, 0.15) is 21.5 Å². The summed E-state index contributed by atoms with van der Waals surface area (Å²) >= 11 is 0. The molecule has 0 aromatic heterocycles. The van der Waals surface area contributed by atoms with E-state index in [1.54, 1.807) is 0 Å². The third-order valence-corrected chi connectivity index (χ3v) is 5.04. The highest BCUT2D eigenvalue weighted by Crippen LogP contribution is 2.19. The van der Waals surface area contributed by atoms with E-state index in [-0.39, 0.29) is 11.3 Å². The van der Waals surface area contributed by atoms with Crippen molar-refractivity contribution in [2.45, 2.75) is 13.0 Å². The molecule has 0 atom stereocenters. The van der Waals surface area contributed by atoms with Gasteiger partial charge in [0.05, 0.1) is 17.5 Å². The maximum atomic E-state index is 13.5. The summed E-state index contributed by atoms with van der Waals surface area (Å²) in [5.41, 5.74) is 2.67. The highest BCUT2D eigenvalue weighted by Gasteiger charge is 2.17. The summed E-state index contributed by atoms with van der Waals surface area (Å²) in [5, 5.41) is 2.74. The van der Waals surface area contributed by atoms with Gasteiger partial charge in [0.15, 0.2) is 0 Å². The number of halogens is 1. The highest BCUT2D eigenvalue weighted by molar-refractivity contribution is 7.92. The van der Waals surface area contributed by atoms with Crippen LogP contribution in [0, 0.1) is 5.82 Å². The molecule has 0 spiro atoms. The number of hydrogen-bond donors (Lipinski definition) is 2. The molecule has 0 fully saturated rings. The number of carbonyl (C=O) groups excluding carboxylic acids is 1. The summed E-state index contributed by atoms with van der Waals surface area (Å²) in [6.07, 6.45) is 1.95. The Bertz CT molecular complexity index is 947. The fourth-order valence-electron chi connectivity index (χ4n) is 3.16. The molecule has 0 saturated carbocycles. The minimum atomic E-state index is -3.57. The summed E-state index contributed by atoms with van der Waals surface area (Å²) in [4.78, 5) is 14.7. The van der Waals surface area contributed by atoms with Gasteiger partial charge in [-0.1, -0.05) is 24.3 Å². The third-order valence-electron chi connectivity index (χ3n) is 4.44. The first-order valence-corrected chi connectivity index (χ1v) is 10.6. The van der Waals surface area contributed by atoms with Crippen molar-refractivity contribution in [3.63, 3.8) is 0 Å². The van der Waals surface area contributed by atoms with Gasteiger partial charge < -0.3 is 5.32 Å². The molecule has 1 aliphatic heterocycles. The standard InChI is InChI=1S/C19H22FN3O3S/c1-27(25,26)22-18-7-6-16(20)12-17(18)19(24)21-9-11-23-10-8-14-4-2-3-5-15(14)13-23/h2-7,12,22H,8-11,13H2,1H3,(H,21,24). The Morgan fingerprint density at radius 3 is 2.67 bits per heavy atom. The molecule has 0 bridgehead atoms. The normalized spacial score (nSPS) is 14.4. The monoisotopic (exact) mass is 391 g/mol. The van der Waals surface area contributed by atoms with Gasteiger partial charge in [0.25, 0.3) is 5.91 Å². The van der Waals surface area contributed by atoms with Crippen molar-refractivity contribution in [2.75, 3.05) is 30.6 Å². The van der Waals surface area contributed by atoms with E-state index >= 15 is 0 Å². The molecule has 1 amide bonds. The predicted molar refractivity (Wildman–Crippen MR) is 103 cm³/mol. The molecular weight excluding hydrogens is 369 g/mol. The molecule has 0 aliphatic carbocycles. The molecule has 144 valence electrons. The minimum absolute atomic E-state index is 0.0376. The number of nitrogens with zero attached hydrogens (tertiary/aromatic N) is 1. The molecule has 0 unspecified atom stereocenters. The van der Waals surface area contributed by atoms with E-state index in [2.05, 4.69) is 27.1 Å². The van der Waals surface area contributed by atoms with Gasteiger partial charge in [-0.2, -0.15) is 0 Å². The van der Waals surface area contributed by atoms with Crippen LogP contribution in [0.4, 0.5) is 10.1 Å². The molecule has 1 heterocycles. The Morgan fingerprint density at radius 1 is 1.19 bits per heavy atom. The van der Waals surface area contributed by atoms with E-state index in [9.17, 15) is 17.6 Å². The first-order valence-electron chi connectivity index (χ1n) is 8.66. The van der Waals surface area contributed by atoms with Crippen LogP contribution in [0.15, 0.2) is 42.5 Å². The van der Waals surface area contributed by atoms with E-state index in [0.29, 0.717) is 13.1 Å². The zero-order valence-electron chi connectivity index (χ0n) is 15.0. The summed E-state index contributed by atoms with van der Waals surface area (Å²) in [5.74, 6) is -1.12. The maximum Gasteiger partial charge on any atom is 0.253 e. The van der Waals surface area contributed by atoms with Gasteiger partial charge in [-0.3, -0.25) is 14.4 Å². The average molecular weight is 391 g/mol. The zero-order chi connectivity index (χ0) is 19.4. The number of carbonyl (C=O) groups is 1. The maximum absolute atomic E-state index is 13.5. The van der Waals surface area contributed by atoms with Crippen molar-refractivity contribution in [1.29, 1.82) is 0 Å². The van der Waals surface area contributed by atoms with Crippen LogP contribution in [0.5, 0.6) is 0 Å². The molecule has 3 rings (SSSR count). The molecule has 1 aliphatic rings. The SMILES string of the molecule is CS(=O)(=O)Nc1ccc(F)cc1C(=O)NCCN1CCc2ccccc2C1. The summed E-state index contributed by atoms with van der Waals surface area (Å²) in [6.45, 7) is 2.78. The van der Waals surface area contributed by atoms with E-state index < -0.39 is 21.7 Å². The van der Waals surface area contributed by atoms with Gasteiger partial charge in [0.1, 0.15) is 5.82 Å². The number of hydrogen-bond acceptors (Lipinski definition) is 4. The topological polar surface area (TPSA) is 78.5 Å². The van der Waals surface area contributed by atoms with Gasteiger partial charge >= 0.3 is 0 Å². The number of rotatable bonds is 6. The summed E-state index contributed by atoms with van der Waals surface area (Å²) in [6, 6.07) is 11.7. The second-order valence-electron chi connectivity index (χ2n) is 6.61. The van der Waals surface area contributed by atoms with Crippen molar-refractivity contribution in [3.8, 4) is 0 Å². The Hall–Kier alpha value is -2.45. The molecule has 6 nitrogen and oxygen atoms in total. The number of amides is 1. The molecule has 2 N–H and O–H groups in total. The summed E-state index contributed by atoms with van der Waals surface area (Å²) < 4.78 is 38.6. The molecule has 8 heteroatoms. The second-order valence-corrected chi connectivity index (χ2v) is 8.36. The second kappa shape index (κ2) is 8.06. The van der Waals surface area contributed by atoms with Crippen LogP contribution < -0.4 is 10.0 Å². The summed E-state index contributed by atoms with van der Waals surface area (Å²) in [7, 11) is -3.57. The smallest absolute Gasteiger partial charge is 0.253 e. The Kier molecular flexibility index (Phi) is 5.76. The first kappa shape index (κ1) is 19.3. The average Bonchev–Trinajstić information content (AvgIpc) is 2.62. The minimum Gasteiger partial charge on any atom is -0.351 e. The quantitative estimate of drug-likeness (QED) is 0.789. The number of anilines is 1. The van der Waals surface area contributed by atoms with Crippen LogP contribution in [0.2, 0.25) is 0 Å². The number of nitrogens with one attached hydrogen (secondary N) is 2. The Labute approximate surface area is 158 Å². The van der Waals surface area contributed by atoms with E-state index in [4.69, 9.17) is 0 Å². The van der Waals surface area contributed by atoms with E-state index in [1.807, 2.05) is 12.1 Å². The third kappa shape index (κ3) is 5.27. The van der Waals surface area contributed by atoms with Gasteiger partial charge in [-0.05, 0) is 35.7 Å². The first-order chi connectivity index (χ1) is 12.8. The zero-order valence-corrected chi connectivity index (χ0v) is 15.9. The lowest BCUT2D eigenvalue weighted by Gasteiger charge is -2.28. The van der Waals surface area contributed by atoms with Crippen molar-refractivity contribution < 1.29 is 17.6 Å². The number of sulfonamides is 1. The van der Waals surface area contributed by atoms with Gasteiger partial charge in [-0.25, -0.2) is 12.8 Å². The fourth-order valence-corrected chi connectivity index (χ4v) is 3.74. The predicted octanol–water partition coefficient (Wildman–Crippen LogP) is 1.99. The van der Waals surface area contributed by atoms with Crippen LogP contribution in [0.3, 0.4) is 0 Å². The van der Waals surface area contributed by atoms with Gasteiger partial charge in [0, 0.05) is 26.2 Å². The van der Waals surface area contributed by atoms with E-state index in [0.717, 1.165) is 37.9 Å². The van der Waals surface area contributed by atoms with Crippen molar-refractivity contribution in [3.05, 3.63) is 65.0 Å². The Balaban J connectivity index is 1.59. The molecule has 2 aromatic rings. The molecule has 27 heavy (non-hydrogen) atoms. The molecule has 2 aromatic carbocycles. The van der Waals surface area contributed by atoms with Gasteiger partial charge in [0.2, 0.25) is 10.0 Å². The fraction of sp³-hybridized carbons (Fsp3) is 0.316. The van der Waals surface area contributed by atoms with Crippen LogP contribution in [0.25, 0.3) is 0 Å². The lowest BCUT2D eigenvalue weighted by molar-refractivity contribution is 0.0947. The van der Waals surface area contributed by atoms with Gasteiger partial charge in [-0.15, -0.1) is 0 Å². The Morgan fingerprint density at radius 2 is 1.93 bits per heavy atom.